The summed E-state index contributed by atoms with van der Waals surface area (Å²) in [6.07, 6.45) is 0. The van der Waals surface area contributed by atoms with Gasteiger partial charge in [0.1, 0.15) is 0 Å². The molecule has 0 aliphatic heterocycles. The van der Waals surface area contributed by atoms with Crippen molar-refractivity contribution in [2.24, 2.45) is 0 Å². The molecule has 0 aliphatic carbocycles. The Bertz CT molecular complexity index is 686. The fraction of sp³-hybridized carbons (Fsp3) is 0.0625. The number of hydrogen-bond donors (Lipinski definition) is 2. The predicted molar refractivity (Wildman–Crippen MR) is 87.5 cm³/mol. The van der Waals surface area contributed by atoms with Crippen molar-refractivity contribution in [2.75, 3.05) is 5.32 Å². The summed E-state index contributed by atoms with van der Waals surface area (Å²) >= 11 is 3.37. The fourth-order valence-electron chi connectivity index (χ4n) is 2.10. The van der Waals surface area contributed by atoms with Gasteiger partial charge in [-0.1, -0.05) is 18.2 Å². The van der Waals surface area contributed by atoms with E-state index in [1.807, 2.05) is 29.0 Å². The molecule has 21 heavy (non-hydrogen) atoms. The molecule has 1 aromatic carbocycles. The van der Waals surface area contributed by atoms with E-state index < -0.39 is 5.97 Å². The summed E-state index contributed by atoms with van der Waals surface area (Å²) in [4.78, 5) is 13.5. The molecule has 0 fully saturated rings. The second kappa shape index (κ2) is 6.11. The van der Waals surface area contributed by atoms with Crippen LogP contribution in [0.2, 0.25) is 0 Å². The van der Waals surface area contributed by atoms with Gasteiger partial charge in [0.25, 0.3) is 0 Å². The molecule has 0 spiro atoms. The van der Waals surface area contributed by atoms with E-state index in [2.05, 4.69) is 17.4 Å². The molecule has 3 aromatic rings. The van der Waals surface area contributed by atoms with Gasteiger partial charge >= 0.3 is 5.97 Å². The number of carboxylic acid groups (broad SMARTS) is 1. The quantitative estimate of drug-likeness (QED) is 0.717. The number of thiophene rings is 2. The number of nitrogens with one attached hydrogen (secondary N) is 1. The molecule has 3 nitrogen and oxygen atoms in total. The van der Waals surface area contributed by atoms with Gasteiger partial charge in [-0.2, -0.15) is 0 Å². The topological polar surface area (TPSA) is 49.3 Å². The van der Waals surface area contributed by atoms with Crippen LogP contribution in [-0.2, 0) is 0 Å². The van der Waals surface area contributed by atoms with Crippen molar-refractivity contribution in [3.63, 3.8) is 0 Å². The number of hydrogen-bond acceptors (Lipinski definition) is 4. The second-order valence-corrected chi connectivity index (χ2v) is 6.45. The standard InChI is InChI=1S/C16H13NO2S2/c18-16(19)11-4-1-5-12(10-11)17-15(13-6-2-8-20-13)14-7-3-9-21-14/h1-10,15,17H,(H,18,19). The van der Waals surface area contributed by atoms with E-state index in [-0.39, 0.29) is 11.6 Å². The van der Waals surface area contributed by atoms with Crippen molar-refractivity contribution >= 4 is 34.3 Å². The lowest BCUT2D eigenvalue weighted by atomic mass is 10.1. The molecule has 2 N–H and O–H groups in total. The molecular formula is C16H13NO2S2. The number of benzene rings is 1. The second-order valence-electron chi connectivity index (χ2n) is 4.49. The summed E-state index contributed by atoms with van der Waals surface area (Å²) in [7, 11) is 0. The van der Waals surface area contributed by atoms with Gasteiger partial charge in [0.2, 0.25) is 0 Å². The highest BCUT2D eigenvalue weighted by molar-refractivity contribution is 7.11. The van der Waals surface area contributed by atoms with Crippen LogP contribution in [0, 0.1) is 0 Å². The minimum Gasteiger partial charge on any atom is -0.478 e. The van der Waals surface area contributed by atoms with E-state index in [0.29, 0.717) is 0 Å². The molecule has 0 unspecified atom stereocenters. The van der Waals surface area contributed by atoms with Gasteiger partial charge in [0, 0.05) is 15.4 Å². The number of rotatable bonds is 5. The Morgan fingerprint density at radius 3 is 2.19 bits per heavy atom. The molecule has 2 heterocycles. The highest BCUT2D eigenvalue weighted by Gasteiger charge is 2.16. The van der Waals surface area contributed by atoms with Crippen LogP contribution in [-0.4, -0.2) is 11.1 Å². The molecule has 0 atom stereocenters. The first-order chi connectivity index (χ1) is 10.2. The van der Waals surface area contributed by atoms with Crippen molar-refractivity contribution in [1.82, 2.24) is 0 Å². The zero-order valence-electron chi connectivity index (χ0n) is 11.0. The number of aromatic carboxylic acids is 1. The molecular weight excluding hydrogens is 302 g/mol. The first kappa shape index (κ1) is 13.9. The summed E-state index contributed by atoms with van der Waals surface area (Å²) in [6, 6.07) is 15.2. The average molecular weight is 315 g/mol. The molecule has 2 aromatic heterocycles. The Morgan fingerprint density at radius 1 is 1.00 bits per heavy atom. The maximum absolute atomic E-state index is 11.1. The molecule has 106 valence electrons. The van der Waals surface area contributed by atoms with E-state index >= 15 is 0 Å². The summed E-state index contributed by atoms with van der Waals surface area (Å²) in [6.45, 7) is 0. The van der Waals surface area contributed by atoms with Crippen LogP contribution in [0.25, 0.3) is 0 Å². The minimum absolute atomic E-state index is 0.0500. The molecule has 0 amide bonds. The van der Waals surface area contributed by atoms with Gasteiger partial charge < -0.3 is 10.4 Å². The average Bonchev–Trinajstić information content (AvgIpc) is 3.18. The first-order valence-electron chi connectivity index (χ1n) is 6.41. The van der Waals surface area contributed by atoms with Crippen molar-refractivity contribution in [3.05, 3.63) is 74.6 Å². The Balaban J connectivity index is 1.92. The molecule has 0 saturated carbocycles. The molecule has 0 bridgehead atoms. The third kappa shape index (κ3) is 3.15. The van der Waals surface area contributed by atoms with Crippen LogP contribution in [0.3, 0.4) is 0 Å². The summed E-state index contributed by atoms with van der Waals surface area (Å²) in [5, 5.41) is 16.6. The largest absolute Gasteiger partial charge is 0.478 e. The Kier molecular flexibility index (Phi) is 4.03. The molecule has 5 heteroatoms. The molecule has 0 aliphatic rings. The summed E-state index contributed by atoms with van der Waals surface area (Å²) < 4.78 is 0. The van der Waals surface area contributed by atoms with Crippen molar-refractivity contribution in [2.45, 2.75) is 6.04 Å². The Morgan fingerprint density at radius 2 is 1.67 bits per heavy atom. The predicted octanol–water partition coefficient (Wildman–Crippen LogP) is 4.71. The van der Waals surface area contributed by atoms with Gasteiger partial charge in [-0.15, -0.1) is 22.7 Å². The smallest absolute Gasteiger partial charge is 0.335 e. The van der Waals surface area contributed by atoms with E-state index in [9.17, 15) is 4.79 Å². The SMILES string of the molecule is O=C(O)c1cccc(NC(c2cccs2)c2cccs2)c1. The zero-order chi connectivity index (χ0) is 14.7. The molecule has 3 rings (SSSR count). The highest BCUT2D eigenvalue weighted by atomic mass is 32.1. The third-order valence-corrected chi connectivity index (χ3v) is 4.95. The maximum atomic E-state index is 11.1. The summed E-state index contributed by atoms with van der Waals surface area (Å²) in [5.41, 5.74) is 1.10. The van der Waals surface area contributed by atoms with Crippen LogP contribution >= 0.6 is 22.7 Å². The van der Waals surface area contributed by atoms with Gasteiger partial charge in [0.15, 0.2) is 0 Å². The van der Waals surface area contributed by atoms with E-state index in [1.165, 1.54) is 9.75 Å². The van der Waals surface area contributed by atoms with Gasteiger partial charge in [-0.05, 0) is 41.1 Å². The van der Waals surface area contributed by atoms with Crippen LogP contribution in [0.1, 0.15) is 26.2 Å². The van der Waals surface area contributed by atoms with Crippen LogP contribution in [0.4, 0.5) is 5.69 Å². The lowest BCUT2D eigenvalue weighted by Crippen LogP contribution is -2.10. The van der Waals surface area contributed by atoms with Gasteiger partial charge in [-0.3, -0.25) is 0 Å². The van der Waals surface area contributed by atoms with Crippen molar-refractivity contribution < 1.29 is 9.90 Å². The van der Waals surface area contributed by atoms with E-state index in [4.69, 9.17) is 5.11 Å². The van der Waals surface area contributed by atoms with Crippen LogP contribution in [0.5, 0.6) is 0 Å². The van der Waals surface area contributed by atoms with Gasteiger partial charge in [0.05, 0.1) is 11.6 Å². The fourth-order valence-corrected chi connectivity index (χ4v) is 3.76. The maximum Gasteiger partial charge on any atom is 0.335 e. The monoisotopic (exact) mass is 315 g/mol. The van der Waals surface area contributed by atoms with E-state index in [1.54, 1.807) is 40.9 Å². The van der Waals surface area contributed by atoms with Crippen molar-refractivity contribution in [1.29, 1.82) is 0 Å². The zero-order valence-corrected chi connectivity index (χ0v) is 12.7. The van der Waals surface area contributed by atoms with Gasteiger partial charge in [-0.25, -0.2) is 4.79 Å². The number of carbonyl (C=O) groups is 1. The Labute approximate surface area is 130 Å². The Hall–Kier alpha value is -2.11. The third-order valence-electron chi connectivity index (χ3n) is 3.08. The van der Waals surface area contributed by atoms with Crippen LogP contribution in [0.15, 0.2) is 59.3 Å². The lowest BCUT2D eigenvalue weighted by Gasteiger charge is -2.17. The van der Waals surface area contributed by atoms with E-state index in [0.717, 1.165) is 5.69 Å². The van der Waals surface area contributed by atoms with Crippen LogP contribution < -0.4 is 5.32 Å². The molecule has 0 radical (unpaired) electrons. The minimum atomic E-state index is -0.914. The number of anilines is 1. The first-order valence-corrected chi connectivity index (χ1v) is 8.16. The van der Waals surface area contributed by atoms with Crippen molar-refractivity contribution in [3.8, 4) is 0 Å². The molecule has 0 saturated heterocycles. The summed E-state index contributed by atoms with van der Waals surface area (Å²) in [5.74, 6) is -0.914. The highest BCUT2D eigenvalue weighted by Crippen LogP contribution is 2.32. The number of carboxylic acids is 1. The normalized spacial score (nSPS) is 10.7. The lowest BCUT2D eigenvalue weighted by molar-refractivity contribution is 0.0697.